The van der Waals surface area contributed by atoms with Gasteiger partial charge in [0.05, 0.1) is 0 Å². The van der Waals surface area contributed by atoms with Crippen molar-refractivity contribution in [2.75, 3.05) is 6.54 Å². The quantitative estimate of drug-likeness (QED) is 0.753. The van der Waals surface area contributed by atoms with Crippen LogP contribution in [0.1, 0.15) is 40.5 Å². The molecule has 0 aromatic rings. The molecule has 4 nitrogen and oxygen atoms in total. The smallest absolute Gasteiger partial charge is 0.223 e. The summed E-state index contributed by atoms with van der Waals surface area (Å²) in [6, 6.07) is 0. The van der Waals surface area contributed by atoms with Gasteiger partial charge in [0.1, 0.15) is 0 Å². The topological polar surface area (TPSA) is 58.2 Å². The van der Waals surface area contributed by atoms with E-state index < -0.39 is 0 Å². The summed E-state index contributed by atoms with van der Waals surface area (Å²) in [6.45, 7) is 8.32. The summed E-state index contributed by atoms with van der Waals surface area (Å²) in [7, 11) is 0. The highest BCUT2D eigenvalue weighted by Crippen LogP contribution is 2.37. The van der Waals surface area contributed by atoms with Crippen molar-refractivity contribution in [3.8, 4) is 0 Å². The van der Waals surface area contributed by atoms with Gasteiger partial charge in [-0.25, -0.2) is 0 Å². The van der Waals surface area contributed by atoms with E-state index in [9.17, 15) is 9.59 Å². The van der Waals surface area contributed by atoms with Crippen molar-refractivity contribution in [2.45, 2.75) is 46.1 Å². The summed E-state index contributed by atoms with van der Waals surface area (Å²) in [5, 5.41) is 5.65. The van der Waals surface area contributed by atoms with E-state index in [1.807, 2.05) is 20.8 Å². The van der Waals surface area contributed by atoms with E-state index in [2.05, 4.69) is 17.6 Å². The third kappa shape index (κ3) is 4.64. The van der Waals surface area contributed by atoms with Gasteiger partial charge < -0.3 is 10.6 Å². The molecule has 0 aliphatic heterocycles. The summed E-state index contributed by atoms with van der Waals surface area (Å²) in [4.78, 5) is 22.9. The van der Waals surface area contributed by atoms with Gasteiger partial charge in [-0.2, -0.15) is 0 Å². The Kier molecular flexibility index (Phi) is 3.94. The van der Waals surface area contributed by atoms with Crippen LogP contribution in [-0.4, -0.2) is 23.9 Å². The molecule has 2 unspecified atom stereocenters. The van der Waals surface area contributed by atoms with Crippen LogP contribution in [0.15, 0.2) is 0 Å². The van der Waals surface area contributed by atoms with E-state index in [4.69, 9.17) is 0 Å². The summed E-state index contributed by atoms with van der Waals surface area (Å²) < 4.78 is 0. The molecule has 0 radical (unpaired) electrons. The van der Waals surface area contributed by atoms with Crippen molar-refractivity contribution in [1.82, 2.24) is 10.6 Å². The average Bonchev–Trinajstić information content (AvgIpc) is 2.79. The van der Waals surface area contributed by atoms with Gasteiger partial charge in [-0.1, -0.05) is 6.92 Å². The number of amides is 2. The predicted octanol–water partition coefficient (Wildman–Crippen LogP) is 1.06. The van der Waals surface area contributed by atoms with Crippen LogP contribution < -0.4 is 10.6 Å². The van der Waals surface area contributed by atoms with E-state index in [1.165, 1.54) is 0 Å². The lowest BCUT2D eigenvalue weighted by Gasteiger charge is -2.20. The van der Waals surface area contributed by atoms with Gasteiger partial charge in [-0.3, -0.25) is 9.59 Å². The first-order valence-corrected chi connectivity index (χ1v) is 5.88. The molecule has 16 heavy (non-hydrogen) atoms. The Labute approximate surface area is 97.2 Å². The van der Waals surface area contributed by atoms with E-state index in [0.29, 0.717) is 18.9 Å². The maximum atomic E-state index is 11.4. The van der Waals surface area contributed by atoms with Crippen LogP contribution >= 0.6 is 0 Å². The molecular formula is C12H22N2O2. The Bertz CT molecular complexity index is 281. The summed E-state index contributed by atoms with van der Waals surface area (Å²) in [5.41, 5.74) is -0.202. The Balaban J connectivity index is 2.11. The van der Waals surface area contributed by atoms with Crippen LogP contribution in [0.25, 0.3) is 0 Å². The third-order valence-electron chi connectivity index (χ3n) is 2.61. The van der Waals surface area contributed by atoms with Gasteiger partial charge in [-0.05, 0) is 33.1 Å². The molecule has 0 bridgehead atoms. The maximum Gasteiger partial charge on any atom is 0.223 e. The number of carbonyl (C=O) groups excluding carboxylic acids is 2. The molecule has 1 fully saturated rings. The third-order valence-corrected chi connectivity index (χ3v) is 2.61. The molecule has 1 saturated carbocycles. The van der Waals surface area contributed by atoms with Crippen LogP contribution in [-0.2, 0) is 9.59 Å². The number of hydrogen-bond donors (Lipinski definition) is 2. The van der Waals surface area contributed by atoms with Crippen LogP contribution in [0.2, 0.25) is 0 Å². The fraction of sp³-hybridized carbons (Fsp3) is 0.833. The van der Waals surface area contributed by atoms with Gasteiger partial charge in [0, 0.05) is 24.4 Å². The van der Waals surface area contributed by atoms with Gasteiger partial charge >= 0.3 is 0 Å². The first kappa shape index (κ1) is 13.0. The highest BCUT2D eigenvalue weighted by atomic mass is 16.2. The lowest BCUT2D eigenvalue weighted by molar-refractivity contribution is -0.123. The lowest BCUT2D eigenvalue weighted by atomic mass is 10.1. The maximum absolute atomic E-state index is 11.4. The standard InChI is InChI=1S/C12H22N2O2/c1-8-7-9(8)11(16)13-6-5-10(15)14-12(2,3)4/h8-9H,5-7H2,1-4H3,(H,13,16)(H,14,15). The molecule has 92 valence electrons. The van der Waals surface area contributed by atoms with Crippen LogP contribution in [0, 0.1) is 11.8 Å². The first-order chi connectivity index (χ1) is 7.29. The number of nitrogens with one attached hydrogen (secondary N) is 2. The van der Waals surface area contributed by atoms with Gasteiger partial charge in [-0.15, -0.1) is 0 Å². The molecule has 0 aromatic carbocycles. The van der Waals surface area contributed by atoms with Crippen molar-refractivity contribution < 1.29 is 9.59 Å². The second-order valence-corrected chi connectivity index (χ2v) is 5.66. The van der Waals surface area contributed by atoms with Crippen molar-refractivity contribution in [1.29, 1.82) is 0 Å². The zero-order valence-corrected chi connectivity index (χ0v) is 10.6. The molecule has 1 aliphatic rings. The molecule has 4 heteroatoms. The van der Waals surface area contributed by atoms with Gasteiger partial charge in [0.15, 0.2) is 0 Å². The second-order valence-electron chi connectivity index (χ2n) is 5.66. The Morgan fingerprint density at radius 3 is 2.31 bits per heavy atom. The molecule has 2 N–H and O–H groups in total. The molecule has 0 spiro atoms. The minimum absolute atomic E-state index is 0.0170. The summed E-state index contributed by atoms with van der Waals surface area (Å²) in [5.74, 6) is 0.779. The second kappa shape index (κ2) is 4.85. The van der Waals surface area contributed by atoms with Crippen LogP contribution in [0.5, 0.6) is 0 Å². The zero-order valence-electron chi connectivity index (χ0n) is 10.6. The van der Waals surface area contributed by atoms with Crippen molar-refractivity contribution in [3.05, 3.63) is 0 Å². The van der Waals surface area contributed by atoms with Crippen molar-refractivity contribution in [2.24, 2.45) is 11.8 Å². The highest BCUT2D eigenvalue weighted by molar-refractivity contribution is 5.82. The lowest BCUT2D eigenvalue weighted by Crippen LogP contribution is -2.42. The minimum Gasteiger partial charge on any atom is -0.355 e. The SMILES string of the molecule is CC1CC1C(=O)NCCC(=O)NC(C)(C)C. The zero-order chi connectivity index (χ0) is 12.3. The molecule has 2 atom stereocenters. The number of carbonyl (C=O) groups is 2. The average molecular weight is 226 g/mol. The van der Waals surface area contributed by atoms with Gasteiger partial charge in [0.25, 0.3) is 0 Å². The Hall–Kier alpha value is -1.06. The predicted molar refractivity (Wildman–Crippen MR) is 62.8 cm³/mol. The first-order valence-electron chi connectivity index (χ1n) is 5.88. The molecule has 2 amide bonds. The van der Waals surface area contributed by atoms with Gasteiger partial charge in [0.2, 0.25) is 11.8 Å². The van der Waals surface area contributed by atoms with E-state index >= 15 is 0 Å². The molecule has 0 heterocycles. The fourth-order valence-corrected chi connectivity index (χ4v) is 1.60. The number of rotatable bonds is 4. The molecular weight excluding hydrogens is 204 g/mol. The molecule has 0 aromatic heterocycles. The minimum atomic E-state index is -0.202. The monoisotopic (exact) mass is 226 g/mol. The van der Waals surface area contributed by atoms with E-state index in [1.54, 1.807) is 0 Å². The van der Waals surface area contributed by atoms with Crippen molar-refractivity contribution >= 4 is 11.8 Å². The van der Waals surface area contributed by atoms with Crippen LogP contribution in [0.4, 0.5) is 0 Å². The molecule has 1 rings (SSSR count). The van der Waals surface area contributed by atoms with Crippen molar-refractivity contribution in [3.63, 3.8) is 0 Å². The number of hydrogen-bond acceptors (Lipinski definition) is 2. The largest absolute Gasteiger partial charge is 0.355 e. The molecule has 0 saturated heterocycles. The molecule has 1 aliphatic carbocycles. The Morgan fingerprint density at radius 1 is 1.31 bits per heavy atom. The fourth-order valence-electron chi connectivity index (χ4n) is 1.60. The summed E-state index contributed by atoms with van der Waals surface area (Å²) in [6.07, 6.45) is 1.34. The Morgan fingerprint density at radius 2 is 1.88 bits per heavy atom. The highest BCUT2D eigenvalue weighted by Gasteiger charge is 2.38. The van der Waals surface area contributed by atoms with Crippen LogP contribution in [0.3, 0.4) is 0 Å². The van der Waals surface area contributed by atoms with E-state index in [0.717, 1.165) is 6.42 Å². The van der Waals surface area contributed by atoms with E-state index in [-0.39, 0.29) is 23.3 Å². The normalized spacial score (nSPS) is 23.8. The summed E-state index contributed by atoms with van der Waals surface area (Å²) >= 11 is 0.